The van der Waals surface area contributed by atoms with Crippen LogP contribution in [0.4, 0.5) is 5.69 Å². The number of anilines is 1. The summed E-state index contributed by atoms with van der Waals surface area (Å²) in [5, 5.41) is 48.5. The molecule has 1 unspecified atom stereocenters. The number of carbonyl (C=O) groups is 5. The second kappa shape index (κ2) is 59.5. The maximum atomic E-state index is 12.4. The number of hydrogen-bond acceptors (Lipinski definition) is 19. The van der Waals surface area contributed by atoms with Crippen molar-refractivity contribution in [1.29, 1.82) is 0 Å². The van der Waals surface area contributed by atoms with Gasteiger partial charge in [0.2, 0.25) is 0 Å². The smallest absolute Gasteiger partial charge is 0.301 e. The van der Waals surface area contributed by atoms with Crippen molar-refractivity contribution in [2.45, 2.75) is 61.3 Å². The van der Waals surface area contributed by atoms with E-state index in [1.54, 1.807) is 18.6 Å². The van der Waals surface area contributed by atoms with E-state index in [9.17, 15) is 24.0 Å². The van der Waals surface area contributed by atoms with E-state index in [0.29, 0.717) is 5.75 Å². The van der Waals surface area contributed by atoms with Crippen LogP contribution < -0.4 is 9.64 Å². The first-order valence-corrected chi connectivity index (χ1v) is 43.7. The predicted octanol–water partition coefficient (Wildman–Crippen LogP) is 26.8. The first-order valence-electron chi connectivity index (χ1n) is 42.9. The second-order valence-corrected chi connectivity index (χ2v) is 31.7. The van der Waals surface area contributed by atoms with Crippen LogP contribution in [-0.4, -0.2) is 98.5 Å². The third-order valence-electron chi connectivity index (χ3n) is 19.6. The third-order valence-corrected chi connectivity index (χ3v) is 20.7. The van der Waals surface area contributed by atoms with E-state index < -0.39 is 5.92 Å². The molecule has 1 atom stereocenters. The summed E-state index contributed by atoms with van der Waals surface area (Å²) >= 11 is 1.54. The molecule has 0 aliphatic carbocycles. The number of rotatable bonds is 11. The van der Waals surface area contributed by atoms with Crippen molar-refractivity contribution in [3.8, 4) is 62.0 Å². The molecule has 5 radical (unpaired) electrons. The Morgan fingerprint density at radius 2 is 0.821 bits per heavy atom. The fourth-order valence-electron chi connectivity index (χ4n) is 13.8. The summed E-state index contributed by atoms with van der Waals surface area (Å²) in [7, 11) is 3.92. The van der Waals surface area contributed by atoms with Crippen molar-refractivity contribution >= 4 is 121 Å². The summed E-state index contributed by atoms with van der Waals surface area (Å²) in [4.78, 5) is 85.2. The minimum atomic E-state index is -0.440. The predicted molar refractivity (Wildman–Crippen MR) is 546 cm³/mol. The molecule has 18 nitrogen and oxygen atoms in total. The summed E-state index contributed by atoms with van der Waals surface area (Å²) in [5.41, 5.74) is 12.9. The van der Waals surface area contributed by atoms with E-state index in [2.05, 4.69) is 193 Å². The number of pyridine rings is 6. The topological polar surface area (TPSA) is 269 Å². The molecule has 7 aromatic heterocycles. The van der Waals surface area contributed by atoms with Gasteiger partial charge in [0.05, 0.1) is 39.2 Å². The van der Waals surface area contributed by atoms with Crippen LogP contribution in [0.15, 0.2) is 400 Å². The first kappa shape index (κ1) is 115. The first-order chi connectivity index (χ1) is 65.3. The van der Waals surface area contributed by atoms with Gasteiger partial charge in [0.1, 0.15) is 5.01 Å². The zero-order valence-electron chi connectivity index (χ0n) is 77.8. The molecule has 4 N–H and O–H groups in total. The number of benzene rings is 12. The zero-order chi connectivity index (χ0) is 96.0. The molecule has 8 heterocycles. The maximum absolute atomic E-state index is 12.4. The molecular formula is C116H98Ir5N8O10S-6. The molecule has 140 heavy (non-hydrogen) atoms. The van der Waals surface area contributed by atoms with Crippen LogP contribution in [0.3, 0.4) is 0 Å². The SMILES string of the molecule is CC(=O)C=C(C)O.CC(=O)C=C(C)O.CC(=O)C=C(C)O.CC(=O)C=C(C)O.CN(C)c1ccc2c(c1)OC(=O)C(c1nc3ccccc3s1)[CH-]2.[Ir].[Ir].[Ir].[Ir].[Ir].[c-]1cc2ccccc2cc1-c1nccc2ccccc12.[c-]1ccc2ccccc2c1-c1cc2ccccc2cn1.[c-]1ccccc1-c1ccccn1.[c-]1ccccc1-c1nccc2ccccc12.[c-]1cnccc1-c1nccc2ccccc12. The average molecular weight is 2760 g/mol. The van der Waals surface area contributed by atoms with Gasteiger partial charge in [0.25, 0.3) is 0 Å². The standard InChI is InChI=1S/2C19H12N.C18H15N2O2S.C15H10N.C14H9N2.C11H8N.4C5H8O2.5Ir/c1-2-8-16-13-20-19(12-15(16)7-1)18-11-5-9-14-6-3-4-10-17(14)18;1-2-7-16-13-17(10-9-14(16)5-1)19-18-8-4-3-6-15(18)11-12-20-19;1-20(2)12-8-7-11-9-13(18(21)22-15(11)10-12)17-19-14-5-3-4-6-16(14)23-17;1-2-7-13(8-3-1)15-14-9-5-4-6-12(14)10-11-16-15;1-2-4-13-11(3-1)7-10-16-14(13)12-5-8-15-9-6-12;1-2-6-10(7-3-1)11-8-4-5-9-12-11;4*1-4(6)3-5(2)7;;;;;/h1-10,12-13H;1-9,11-13H;3-10,13H,1-2H3;1-7,9-11H;1-5,7-10H;1-6,8-9H;4*3,6H,1-2H3;;;;;/q6*-1;;;;;;;;;. The Hall–Kier alpha value is -13.8. The van der Waals surface area contributed by atoms with Gasteiger partial charge in [-0.15, -0.1) is 153 Å². The van der Waals surface area contributed by atoms with Crippen LogP contribution in [0.1, 0.15) is 71.9 Å². The van der Waals surface area contributed by atoms with Crippen molar-refractivity contribution in [3.05, 3.63) is 447 Å². The number of ether oxygens (including phenoxy) is 1. The molecule has 719 valence electrons. The van der Waals surface area contributed by atoms with Crippen molar-refractivity contribution in [3.63, 3.8) is 0 Å². The minimum Gasteiger partial charge on any atom is -0.512 e. The van der Waals surface area contributed by atoms with E-state index in [0.717, 1.165) is 93.5 Å². The average Bonchev–Trinajstić information content (AvgIpc) is 1.53. The van der Waals surface area contributed by atoms with Gasteiger partial charge in [-0.25, -0.2) is 4.98 Å². The summed E-state index contributed by atoms with van der Waals surface area (Å²) in [6.45, 7) is 11.4. The van der Waals surface area contributed by atoms with Crippen molar-refractivity contribution in [1.82, 2.24) is 34.9 Å². The normalized spacial score (nSPS) is 11.4. The van der Waals surface area contributed by atoms with E-state index in [1.165, 1.54) is 145 Å². The molecule has 0 bridgehead atoms. The molecule has 0 amide bonds. The molecule has 20 rings (SSSR count). The fraction of sp³-hybridized carbons (Fsp3) is 0.0948. The van der Waals surface area contributed by atoms with Gasteiger partial charge < -0.3 is 55.0 Å². The van der Waals surface area contributed by atoms with Crippen molar-refractivity contribution in [2.24, 2.45) is 0 Å². The number of esters is 1. The molecule has 1 aliphatic rings. The molecular weight excluding hydrogens is 2660 g/mol. The van der Waals surface area contributed by atoms with Gasteiger partial charge >= 0.3 is 5.97 Å². The Kier molecular flexibility index (Phi) is 48.8. The number of aliphatic hydroxyl groups excluding tert-OH is 4. The summed E-state index contributed by atoms with van der Waals surface area (Å²) in [5.74, 6) is -0.351. The van der Waals surface area contributed by atoms with Crippen LogP contribution in [-0.2, 0) is 124 Å². The van der Waals surface area contributed by atoms with Crippen LogP contribution >= 0.6 is 11.3 Å². The Labute approximate surface area is 887 Å². The summed E-state index contributed by atoms with van der Waals surface area (Å²) < 4.78 is 6.64. The van der Waals surface area contributed by atoms with Crippen LogP contribution in [0.5, 0.6) is 5.75 Å². The van der Waals surface area contributed by atoms with Crippen LogP contribution in [0.2, 0.25) is 0 Å². The number of para-hydroxylation sites is 1. The number of carbonyl (C=O) groups excluding carboxylic acids is 5. The number of aromatic nitrogens is 7. The molecule has 0 spiro atoms. The maximum Gasteiger partial charge on any atom is 0.301 e. The third kappa shape index (κ3) is 35.6. The van der Waals surface area contributed by atoms with E-state index in [1.807, 2.05) is 232 Å². The molecule has 12 aromatic carbocycles. The fourth-order valence-corrected chi connectivity index (χ4v) is 14.8. The van der Waals surface area contributed by atoms with Crippen LogP contribution in [0, 0.1) is 36.8 Å². The van der Waals surface area contributed by atoms with Gasteiger partial charge in [-0.2, -0.15) is 24.1 Å². The number of fused-ring (bicyclic) bond motifs is 8. The molecule has 19 aromatic rings. The monoisotopic (exact) mass is 2760 g/mol. The Morgan fingerprint density at radius 1 is 0.379 bits per heavy atom. The van der Waals surface area contributed by atoms with Gasteiger partial charge in [-0.3, -0.25) is 29.0 Å². The largest absolute Gasteiger partial charge is 0.512 e. The Bertz CT molecular complexity index is 6920. The number of nitrogens with zero attached hydrogens (tertiary/aromatic N) is 8. The number of hydrogen-bond donors (Lipinski definition) is 4. The quantitative estimate of drug-likeness (QED) is 0.0308. The number of ketones is 4. The molecule has 0 saturated carbocycles. The second-order valence-electron chi connectivity index (χ2n) is 30.7. The summed E-state index contributed by atoms with van der Waals surface area (Å²) in [6, 6.07) is 120. The van der Waals surface area contributed by atoms with Crippen LogP contribution in [0.25, 0.3) is 131 Å². The van der Waals surface area contributed by atoms with Gasteiger partial charge in [-0.1, -0.05) is 199 Å². The molecule has 0 saturated heterocycles. The summed E-state index contributed by atoms with van der Waals surface area (Å²) in [6.07, 6.45) is 19.3. The van der Waals surface area contributed by atoms with Crippen molar-refractivity contribution < 1.29 is 150 Å². The molecule has 1 aliphatic heterocycles. The Morgan fingerprint density at radius 3 is 1.29 bits per heavy atom. The van der Waals surface area contributed by atoms with E-state index >= 15 is 0 Å². The van der Waals surface area contributed by atoms with E-state index in [-0.39, 0.29) is 153 Å². The van der Waals surface area contributed by atoms with Gasteiger partial charge in [0.15, 0.2) is 23.1 Å². The number of thiazole rings is 1. The number of aliphatic hydroxyl groups is 4. The number of allylic oxidation sites excluding steroid dienone is 8. The van der Waals surface area contributed by atoms with Gasteiger partial charge in [0, 0.05) is 181 Å². The van der Waals surface area contributed by atoms with E-state index in [4.69, 9.17) is 25.2 Å². The van der Waals surface area contributed by atoms with Crippen molar-refractivity contribution in [2.75, 3.05) is 19.0 Å². The minimum absolute atomic E-state index is 0. The molecule has 0 fully saturated rings. The Balaban J connectivity index is 0.000000244. The molecule has 24 heteroatoms. The van der Waals surface area contributed by atoms with Gasteiger partial charge in [-0.05, 0) is 176 Å². The zero-order valence-corrected chi connectivity index (χ0v) is 90.6.